The van der Waals surface area contributed by atoms with Crippen molar-refractivity contribution in [1.29, 1.82) is 5.41 Å². The Morgan fingerprint density at radius 1 is 1.15 bits per heavy atom. The number of nitrogens with two attached hydrogens (primary N) is 1. The molecule has 0 saturated carbocycles. The van der Waals surface area contributed by atoms with Crippen LogP contribution in [0.1, 0.15) is 29.2 Å². The summed E-state index contributed by atoms with van der Waals surface area (Å²) >= 11 is 0. The lowest BCUT2D eigenvalue weighted by Gasteiger charge is -2.18. The quantitative estimate of drug-likeness (QED) is 0.211. The van der Waals surface area contributed by atoms with Crippen molar-refractivity contribution in [2.45, 2.75) is 39.6 Å². The van der Waals surface area contributed by atoms with Crippen LogP contribution in [0.2, 0.25) is 0 Å². The summed E-state index contributed by atoms with van der Waals surface area (Å²) in [4.78, 5) is 16.5. The van der Waals surface area contributed by atoms with Crippen LogP contribution in [0.15, 0.2) is 65.9 Å². The van der Waals surface area contributed by atoms with Crippen molar-refractivity contribution in [3.05, 3.63) is 88.1 Å². The molecule has 0 fully saturated rings. The third kappa shape index (κ3) is 6.90. The van der Waals surface area contributed by atoms with Crippen LogP contribution < -0.4 is 15.4 Å². The minimum atomic E-state index is -4.90. The molecule has 0 spiro atoms. The van der Waals surface area contributed by atoms with Crippen LogP contribution in [0.3, 0.4) is 0 Å². The van der Waals surface area contributed by atoms with Crippen LogP contribution in [0.4, 0.5) is 19.0 Å². The number of carbonyl (C=O) groups excluding carboxylic acids is 1. The van der Waals surface area contributed by atoms with E-state index in [9.17, 15) is 18.0 Å². The normalized spacial score (nSPS) is 13.8. The minimum absolute atomic E-state index is 0.0285. The van der Waals surface area contributed by atoms with Gasteiger partial charge in [0.1, 0.15) is 17.9 Å². The summed E-state index contributed by atoms with van der Waals surface area (Å²) in [6.45, 7) is 5.38. The van der Waals surface area contributed by atoms with E-state index in [-0.39, 0.29) is 12.4 Å². The molecule has 3 aromatic rings. The second-order valence-electron chi connectivity index (χ2n) is 9.10. The van der Waals surface area contributed by atoms with Gasteiger partial charge < -0.3 is 20.2 Å². The Kier molecular flexibility index (Phi) is 8.78. The van der Waals surface area contributed by atoms with Crippen LogP contribution in [-0.4, -0.2) is 36.5 Å². The van der Waals surface area contributed by atoms with Gasteiger partial charge in [0, 0.05) is 24.4 Å². The molecule has 204 valence electrons. The van der Waals surface area contributed by atoms with E-state index in [0.29, 0.717) is 29.8 Å². The van der Waals surface area contributed by atoms with E-state index in [1.54, 1.807) is 12.1 Å². The molecule has 0 amide bonds. The first-order valence-corrected chi connectivity index (χ1v) is 12.6. The molecule has 4 rings (SSSR count). The van der Waals surface area contributed by atoms with Gasteiger partial charge in [-0.05, 0) is 61.7 Å². The van der Waals surface area contributed by atoms with Gasteiger partial charge in [-0.25, -0.2) is 4.79 Å². The fourth-order valence-electron chi connectivity index (χ4n) is 4.35. The molecule has 0 aliphatic carbocycles. The molecule has 39 heavy (non-hydrogen) atoms. The number of pyridine rings is 1. The molecule has 4 N–H and O–H groups in total. The average Bonchev–Trinajstić information content (AvgIpc) is 2.92. The van der Waals surface area contributed by atoms with E-state index in [2.05, 4.69) is 22.4 Å². The third-order valence-corrected chi connectivity index (χ3v) is 6.26. The molecule has 0 atom stereocenters. The summed E-state index contributed by atoms with van der Waals surface area (Å²) in [6.07, 6.45) is -3.60. The molecule has 2 aromatic carbocycles. The molecular formula is C29H30F3N4O3+. The van der Waals surface area contributed by atoms with Crippen molar-refractivity contribution < 1.29 is 32.8 Å². The molecule has 1 aliphatic heterocycles. The fourth-order valence-corrected chi connectivity index (χ4v) is 4.35. The molecule has 0 bridgehead atoms. The Morgan fingerprint density at radius 3 is 2.72 bits per heavy atom. The standard InChI is InChI=1S/C29H29F3N4O3/c1-3-38-28(37)23(15-33)27(29(30,31)32)36-26-6-4-5-24(35-26)22-13-18(2)7-10-25(22)39-17-19-8-9-21-16-34-12-11-20(21)14-19/h4-10,13-15,33-34H,3,11-12,16-17H2,1-2H3,(H,35,36)/p+1. The SMILES string of the molecule is CCOC(=O)C(C=N)=C([NH2+]c1cccc(-c2cc(C)ccc2OCc2ccc3c(c2)CCNC3)n1)C(F)(F)F. The summed E-state index contributed by atoms with van der Waals surface area (Å²) in [5.74, 6) is -0.706. The number of hydrogen-bond acceptors (Lipinski definition) is 6. The molecule has 0 radical (unpaired) electrons. The Balaban J connectivity index is 1.63. The Morgan fingerprint density at radius 2 is 1.97 bits per heavy atom. The maximum absolute atomic E-state index is 13.9. The number of allylic oxidation sites excluding steroid dienone is 1. The van der Waals surface area contributed by atoms with Gasteiger partial charge in [-0.2, -0.15) is 18.2 Å². The Hall–Kier alpha value is -4.02. The number of nitrogens with one attached hydrogen (secondary N) is 2. The van der Waals surface area contributed by atoms with Crippen molar-refractivity contribution in [3.8, 4) is 17.0 Å². The van der Waals surface area contributed by atoms with Crippen molar-refractivity contribution >= 4 is 18.0 Å². The molecule has 10 heteroatoms. The summed E-state index contributed by atoms with van der Waals surface area (Å²) in [5.41, 5.74) is 3.37. The predicted molar refractivity (Wildman–Crippen MR) is 141 cm³/mol. The van der Waals surface area contributed by atoms with Crippen LogP contribution in [0, 0.1) is 12.3 Å². The van der Waals surface area contributed by atoms with Crippen molar-refractivity contribution in [1.82, 2.24) is 10.3 Å². The number of carbonyl (C=O) groups is 1. The summed E-state index contributed by atoms with van der Waals surface area (Å²) in [6, 6.07) is 16.5. The number of quaternary nitrogens is 1. The number of halogens is 3. The number of aromatic nitrogens is 1. The third-order valence-electron chi connectivity index (χ3n) is 6.26. The molecule has 2 heterocycles. The number of fused-ring (bicyclic) bond motifs is 1. The van der Waals surface area contributed by atoms with E-state index in [4.69, 9.17) is 14.9 Å². The zero-order valence-corrected chi connectivity index (χ0v) is 21.7. The second kappa shape index (κ2) is 12.2. The lowest BCUT2D eigenvalue weighted by molar-refractivity contribution is -0.548. The highest BCUT2D eigenvalue weighted by atomic mass is 19.4. The van der Waals surface area contributed by atoms with E-state index >= 15 is 0 Å². The van der Waals surface area contributed by atoms with Gasteiger partial charge in [-0.1, -0.05) is 35.9 Å². The highest BCUT2D eigenvalue weighted by Gasteiger charge is 2.43. The van der Waals surface area contributed by atoms with E-state index in [1.807, 2.05) is 31.2 Å². The van der Waals surface area contributed by atoms with Crippen molar-refractivity contribution in [2.75, 3.05) is 13.2 Å². The second-order valence-corrected chi connectivity index (χ2v) is 9.10. The van der Waals surface area contributed by atoms with Gasteiger partial charge in [0.05, 0.1) is 12.3 Å². The van der Waals surface area contributed by atoms with E-state index in [0.717, 1.165) is 36.0 Å². The molecule has 0 saturated heterocycles. The van der Waals surface area contributed by atoms with Crippen molar-refractivity contribution in [3.63, 3.8) is 0 Å². The lowest BCUT2D eigenvalue weighted by Crippen LogP contribution is -2.80. The molecule has 1 aliphatic rings. The number of benzene rings is 2. The average molecular weight is 540 g/mol. The van der Waals surface area contributed by atoms with Gasteiger partial charge in [-0.3, -0.25) is 5.32 Å². The summed E-state index contributed by atoms with van der Waals surface area (Å²) < 4.78 is 52.6. The first-order valence-electron chi connectivity index (χ1n) is 12.6. The van der Waals surface area contributed by atoms with Crippen molar-refractivity contribution in [2.24, 2.45) is 0 Å². The maximum Gasteiger partial charge on any atom is 0.468 e. The monoisotopic (exact) mass is 539 g/mol. The zero-order valence-electron chi connectivity index (χ0n) is 21.7. The highest BCUT2D eigenvalue weighted by Crippen LogP contribution is 2.31. The summed E-state index contributed by atoms with van der Waals surface area (Å²) in [5, 5.41) is 11.5. The van der Waals surface area contributed by atoms with E-state index in [1.165, 1.54) is 24.1 Å². The molecular weight excluding hydrogens is 509 g/mol. The van der Waals surface area contributed by atoms with Crippen LogP contribution >= 0.6 is 0 Å². The minimum Gasteiger partial charge on any atom is -0.488 e. The highest BCUT2D eigenvalue weighted by molar-refractivity contribution is 6.09. The number of rotatable bonds is 9. The van der Waals surface area contributed by atoms with Gasteiger partial charge in [-0.15, -0.1) is 0 Å². The lowest BCUT2D eigenvalue weighted by atomic mass is 9.99. The number of alkyl halides is 3. The van der Waals surface area contributed by atoms with E-state index < -0.39 is 23.4 Å². The molecule has 0 unspecified atom stereocenters. The largest absolute Gasteiger partial charge is 0.488 e. The fraction of sp³-hybridized carbons (Fsp3) is 0.276. The zero-order chi connectivity index (χ0) is 28.0. The van der Waals surface area contributed by atoms with Gasteiger partial charge in [0.2, 0.25) is 11.5 Å². The van der Waals surface area contributed by atoms with Crippen LogP contribution in [0.25, 0.3) is 11.3 Å². The Labute approximate surface area is 224 Å². The number of nitrogens with zero attached hydrogens (tertiary/aromatic N) is 1. The van der Waals surface area contributed by atoms with Gasteiger partial charge >= 0.3 is 12.1 Å². The van der Waals surface area contributed by atoms with Crippen LogP contribution in [0.5, 0.6) is 5.75 Å². The number of hydrogen-bond donors (Lipinski definition) is 3. The molecule has 1 aromatic heterocycles. The first-order chi connectivity index (χ1) is 18.7. The van der Waals surface area contributed by atoms with Crippen LogP contribution in [-0.2, 0) is 29.1 Å². The Bertz CT molecular complexity index is 1400. The van der Waals surface area contributed by atoms with Gasteiger partial charge in [0.15, 0.2) is 0 Å². The number of ether oxygens (including phenoxy) is 2. The topological polar surface area (TPSA) is 101 Å². The van der Waals surface area contributed by atoms with Gasteiger partial charge in [0.25, 0.3) is 0 Å². The number of esters is 1. The molecule has 7 nitrogen and oxygen atoms in total. The number of aryl methyl sites for hydroxylation is 1. The smallest absolute Gasteiger partial charge is 0.468 e. The summed E-state index contributed by atoms with van der Waals surface area (Å²) in [7, 11) is 0. The first kappa shape index (κ1) is 28.0. The predicted octanol–water partition coefficient (Wildman–Crippen LogP) is 4.51. The maximum atomic E-state index is 13.9.